The lowest BCUT2D eigenvalue weighted by atomic mass is 9.95. The largest absolute Gasteiger partial charge is 0.369 e. The predicted molar refractivity (Wildman–Crippen MR) is 90.1 cm³/mol. The highest BCUT2D eigenvalue weighted by Gasteiger charge is 2.34. The Morgan fingerprint density at radius 2 is 2.10 bits per heavy atom. The number of nitrogens with one attached hydrogen (secondary N) is 1. The van der Waals surface area contributed by atoms with Crippen LogP contribution in [0, 0.1) is 3.57 Å². The van der Waals surface area contributed by atoms with Gasteiger partial charge in [-0.05, 0) is 62.1 Å². The molecule has 0 radical (unpaired) electrons. The maximum absolute atomic E-state index is 6.00. The van der Waals surface area contributed by atoms with Crippen LogP contribution in [0.15, 0.2) is 0 Å². The van der Waals surface area contributed by atoms with E-state index >= 15 is 0 Å². The topological polar surface area (TPSA) is 47.0 Å². The first kappa shape index (κ1) is 15.9. The molecule has 1 aromatic heterocycles. The molecule has 0 aliphatic carbocycles. The SMILES string of the molecule is CCCc1nc(C2(C)CCCCO2)nc(NCC)c1I. The molecule has 0 saturated carbocycles. The van der Waals surface area contributed by atoms with Crippen LogP contribution >= 0.6 is 22.6 Å². The van der Waals surface area contributed by atoms with Crippen molar-refractivity contribution in [3.05, 3.63) is 15.1 Å². The molecule has 0 aromatic carbocycles. The highest BCUT2D eigenvalue weighted by Crippen LogP contribution is 2.34. The predicted octanol–water partition coefficient (Wildman–Crippen LogP) is 3.88. The summed E-state index contributed by atoms with van der Waals surface area (Å²) in [6.45, 7) is 8.08. The fourth-order valence-electron chi connectivity index (χ4n) is 2.53. The molecule has 1 saturated heterocycles. The second-order valence-electron chi connectivity index (χ2n) is 5.47. The van der Waals surface area contributed by atoms with Crippen LogP contribution in [0.2, 0.25) is 0 Å². The van der Waals surface area contributed by atoms with E-state index in [1.807, 2.05) is 0 Å². The van der Waals surface area contributed by atoms with Crippen LogP contribution in [0.5, 0.6) is 0 Å². The summed E-state index contributed by atoms with van der Waals surface area (Å²) in [4.78, 5) is 9.56. The molecule has 20 heavy (non-hydrogen) atoms. The molecule has 2 rings (SSSR count). The van der Waals surface area contributed by atoms with E-state index in [1.54, 1.807) is 0 Å². The Morgan fingerprint density at radius 3 is 2.70 bits per heavy atom. The van der Waals surface area contributed by atoms with E-state index in [2.05, 4.69) is 48.7 Å². The summed E-state index contributed by atoms with van der Waals surface area (Å²) in [5.41, 5.74) is 0.819. The van der Waals surface area contributed by atoms with E-state index in [0.717, 1.165) is 59.7 Å². The molecule has 4 nitrogen and oxygen atoms in total. The maximum atomic E-state index is 6.00. The summed E-state index contributed by atoms with van der Waals surface area (Å²) >= 11 is 2.35. The van der Waals surface area contributed by atoms with E-state index < -0.39 is 0 Å². The average Bonchev–Trinajstić information content (AvgIpc) is 2.44. The molecule has 1 unspecified atom stereocenters. The van der Waals surface area contributed by atoms with Gasteiger partial charge in [0.1, 0.15) is 11.4 Å². The number of aromatic nitrogens is 2. The van der Waals surface area contributed by atoms with Gasteiger partial charge in [0.25, 0.3) is 0 Å². The zero-order valence-corrected chi connectivity index (χ0v) is 14.8. The number of nitrogens with zero attached hydrogens (tertiary/aromatic N) is 2. The fourth-order valence-corrected chi connectivity index (χ4v) is 3.23. The minimum absolute atomic E-state index is 0.324. The summed E-state index contributed by atoms with van der Waals surface area (Å²) in [7, 11) is 0. The van der Waals surface area contributed by atoms with Crippen molar-refractivity contribution in [3.63, 3.8) is 0 Å². The molecule has 5 heteroatoms. The zero-order chi connectivity index (χ0) is 14.6. The average molecular weight is 389 g/mol. The van der Waals surface area contributed by atoms with Crippen molar-refractivity contribution < 1.29 is 4.74 Å². The van der Waals surface area contributed by atoms with Crippen molar-refractivity contribution >= 4 is 28.4 Å². The highest BCUT2D eigenvalue weighted by molar-refractivity contribution is 14.1. The van der Waals surface area contributed by atoms with Crippen LogP contribution in [0.3, 0.4) is 0 Å². The Hall–Kier alpha value is -0.430. The minimum Gasteiger partial charge on any atom is -0.369 e. The molecule has 112 valence electrons. The molecule has 1 atom stereocenters. The Bertz CT molecular complexity index is 431. The molecule has 1 aliphatic heterocycles. The lowest BCUT2D eigenvalue weighted by Gasteiger charge is -2.33. The molecule has 1 fully saturated rings. The third-order valence-corrected chi connectivity index (χ3v) is 4.83. The van der Waals surface area contributed by atoms with Gasteiger partial charge in [-0.25, -0.2) is 9.97 Å². The summed E-state index contributed by atoms with van der Waals surface area (Å²) in [6, 6.07) is 0. The van der Waals surface area contributed by atoms with Crippen LogP contribution in [0.4, 0.5) is 5.82 Å². The molecule has 0 spiro atoms. The van der Waals surface area contributed by atoms with Gasteiger partial charge in [0.15, 0.2) is 5.82 Å². The smallest absolute Gasteiger partial charge is 0.162 e. The lowest BCUT2D eigenvalue weighted by molar-refractivity contribution is -0.0761. The van der Waals surface area contributed by atoms with E-state index in [0.29, 0.717) is 0 Å². The van der Waals surface area contributed by atoms with Crippen LogP contribution < -0.4 is 5.32 Å². The van der Waals surface area contributed by atoms with Crippen LogP contribution in [-0.4, -0.2) is 23.1 Å². The van der Waals surface area contributed by atoms with Gasteiger partial charge in [-0.15, -0.1) is 0 Å². The first-order valence-corrected chi connectivity index (χ1v) is 8.63. The van der Waals surface area contributed by atoms with Gasteiger partial charge in [-0.1, -0.05) is 13.3 Å². The molecular formula is C15H24IN3O. The summed E-state index contributed by atoms with van der Waals surface area (Å²) in [5.74, 6) is 1.80. The highest BCUT2D eigenvalue weighted by atomic mass is 127. The van der Waals surface area contributed by atoms with Gasteiger partial charge in [-0.2, -0.15) is 0 Å². The van der Waals surface area contributed by atoms with Gasteiger partial charge in [-0.3, -0.25) is 0 Å². The molecule has 1 N–H and O–H groups in total. The fraction of sp³-hybridized carbons (Fsp3) is 0.733. The van der Waals surface area contributed by atoms with Crippen molar-refractivity contribution in [1.29, 1.82) is 0 Å². The number of halogens is 1. The van der Waals surface area contributed by atoms with Crippen LogP contribution in [-0.2, 0) is 16.8 Å². The van der Waals surface area contributed by atoms with Crippen molar-refractivity contribution in [2.75, 3.05) is 18.5 Å². The Labute approximate surface area is 135 Å². The Morgan fingerprint density at radius 1 is 1.30 bits per heavy atom. The van der Waals surface area contributed by atoms with Crippen LogP contribution in [0.25, 0.3) is 0 Å². The number of rotatable bonds is 5. The van der Waals surface area contributed by atoms with Gasteiger partial charge < -0.3 is 10.1 Å². The third-order valence-electron chi connectivity index (χ3n) is 3.69. The Balaban J connectivity index is 2.41. The second-order valence-corrected chi connectivity index (χ2v) is 6.55. The van der Waals surface area contributed by atoms with E-state index in [-0.39, 0.29) is 5.60 Å². The summed E-state index contributed by atoms with van der Waals surface area (Å²) < 4.78 is 7.15. The van der Waals surface area contributed by atoms with Crippen molar-refractivity contribution in [2.24, 2.45) is 0 Å². The standard InChI is InChI=1S/C15H24IN3O/c1-4-8-11-12(16)13(17-5-2)19-14(18-11)15(3)9-6-7-10-20-15/h4-10H2,1-3H3,(H,17,18,19). The number of hydrogen-bond donors (Lipinski definition) is 1. The number of ether oxygens (including phenoxy) is 1. The molecule has 1 aliphatic rings. The third kappa shape index (κ3) is 3.42. The van der Waals surface area contributed by atoms with Gasteiger partial charge in [0.2, 0.25) is 0 Å². The molecular weight excluding hydrogens is 365 g/mol. The quantitative estimate of drug-likeness (QED) is 0.777. The lowest BCUT2D eigenvalue weighted by Crippen LogP contribution is -2.33. The molecule has 0 amide bonds. The molecule has 0 bridgehead atoms. The van der Waals surface area contributed by atoms with Crippen LogP contribution in [0.1, 0.15) is 58.0 Å². The van der Waals surface area contributed by atoms with E-state index in [9.17, 15) is 0 Å². The monoisotopic (exact) mass is 389 g/mol. The van der Waals surface area contributed by atoms with Crippen molar-refractivity contribution in [2.45, 2.75) is 58.5 Å². The maximum Gasteiger partial charge on any atom is 0.162 e. The van der Waals surface area contributed by atoms with Crippen molar-refractivity contribution in [1.82, 2.24) is 9.97 Å². The first-order valence-electron chi connectivity index (χ1n) is 7.55. The molecule has 1 aromatic rings. The molecule has 2 heterocycles. The van der Waals surface area contributed by atoms with Gasteiger partial charge in [0.05, 0.1) is 9.26 Å². The summed E-state index contributed by atoms with van der Waals surface area (Å²) in [6.07, 6.45) is 5.41. The number of anilines is 1. The van der Waals surface area contributed by atoms with E-state index in [4.69, 9.17) is 14.7 Å². The minimum atomic E-state index is -0.324. The zero-order valence-electron chi connectivity index (χ0n) is 12.6. The number of hydrogen-bond acceptors (Lipinski definition) is 4. The second kappa shape index (κ2) is 7.02. The van der Waals surface area contributed by atoms with E-state index in [1.165, 1.54) is 6.42 Å². The normalized spacial score (nSPS) is 22.8. The summed E-state index contributed by atoms with van der Waals surface area (Å²) in [5, 5.41) is 3.36. The van der Waals surface area contributed by atoms with Gasteiger partial charge >= 0.3 is 0 Å². The first-order chi connectivity index (χ1) is 9.60. The number of aryl methyl sites for hydroxylation is 1. The van der Waals surface area contributed by atoms with Gasteiger partial charge in [0, 0.05) is 13.2 Å². The Kier molecular flexibility index (Phi) is 5.60. The van der Waals surface area contributed by atoms with Crippen molar-refractivity contribution in [3.8, 4) is 0 Å².